The number of rotatable bonds is 2. The summed E-state index contributed by atoms with van der Waals surface area (Å²) in [5.74, 6) is 0.519. The van der Waals surface area contributed by atoms with Gasteiger partial charge < -0.3 is 9.53 Å². The zero-order valence-electron chi connectivity index (χ0n) is 13.6. The molecule has 0 radical (unpaired) electrons. The number of aliphatic hydroxyl groups excluding tert-OH is 1. The summed E-state index contributed by atoms with van der Waals surface area (Å²) in [4.78, 5) is 12.5. The van der Waals surface area contributed by atoms with Gasteiger partial charge in [0.05, 0.1) is 11.9 Å². The SMILES string of the molecule is C/C(O)=C1/C(=O)[C@@H]2CC[C@H]1C[C@@H]2O[Si](C)(C)C(C)(C)C. The molecule has 3 saturated carbocycles. The van der Waals surface area contributed by atoms with E-state index in [0.717, 1.165) is 19.3 Å². The highest BCUT2D eigenvalue weighted by molar-refractivity contribution is 6.74. The normalized spacial score (nSPS) is 33.5. The van der Waals surface area contributed by atoms with Gasteiger partial charge in [-0.15, -0.1) is 0 Å². The minimum absolute atomic E-state index is 0.0359. The molecule has 2 bridgehead atoms. The Labute approximate surface area is 123 Å². The minimum atomic E-state index is -1.84. The zero-order valence-corrected chi connectivity index (χ0v) is 14.6. The van der Waals surface area contributed by atoms with Crippen LogP contribution in [0.15, 0.2) is 11.3 Å². The predicted molar refractivity (Wildman–Crippen MR) is 83.2 cm³/mol. The fourth-order valence-corrected chi connectivity index (χ4v) is 4.62. The lowest BCUT2D eigenvalue weighted by molar-refractivity contribution is -0.129. The number of fused-ring (bicyclic) bond motifs is 3. The van der Waals surface area contributed by atoms with E-state index in [2.05, 4.69) is 33.9 Å². The lowest BCUT2D eigenvalue weighted by atomic mass is 9.65. The van der Waals surface area contributed by atoms with Crippen molar-refractivity contribution in [1.82, 2.24) is 0 Å². The first kappa shape index (κ1) is 15.8. The van der Waals surface area contributed by atoms with Gasteiger partial charge in [-0.3, -0.25) is 4.79 Å². The molecule has 114 valence electrons. The highest BCUT2D eigenvalue weighted by Gasteiger charge is 2.49. The zero-order chi connectivity index (χ0) is 15.3. The first-order valence-corrected chi connectivity index (χ1v) is 10.6. The lowest BCUT2D eigenvalue weighted by Gasteiger charge is -2.47. The first-order valence-electron chi connectivity index (χ1n) is 7.66. The molecule has 3 rings (SSSR count). The molecular weight excluding hydrogens is 268 g/mol. The van der Waals surface area contributed by atoms with Gasteiger partial charge in [-0.1, -0.05) is 20.8 Å². The number of carbonyl (C=O) groups excluding carboxylic acids is 1. The average molecular weight is 296 g/mol. The van der Waals surface area contributed by atoms with Crippen LogP contribution >= 0.6 is 0 Å². The Hall–Kier alpha value is -0.613. The summed E-state index contributed by atoms with van der Waals surface area (Å²) in [5.41, 5.74) is 0.677. The summed E-state index contributed by atoms with van der Waals surface area (Å²) < 4.78 is 6.49. The lowest BCUT2D eigenvalue weighted by Crippen LogP contribution is -2.52. The Morgan fingerprint density at radius 3 is 2.35 bits per heavy atom. The van der Waals surface area contributed by atoms with E-state index in [1.54, 1.807) is 6.92 Å². The van der Waals surface area contributed by atoms with Gasteiger partial charge in [-0.05, 0) is 50.2 Å². The summed E-state index contributed by atoms with van der Waals surface area (Å²) in [6.07, 6.45) is 2.89. The summed E-state index contributed by atoms with van der Waals surface area (Å²) in [6, 6.07) is 0. The molecule has 3 fully saturated rings. The Balaban J connectivity index is 2.20. The van der Waals surface area contributed by atoms with Gasteiger partial charge in [0.25, 0.3) is 0 Å². The molecule has 4 heteroatoms. The molecule has 0 heterocycles. The third kappa shape index (κ3) is 2.60. The molecule has 1 N–H and O–H groups in total. The number of carbonyl (C=O) groups is 1. The van der Waals surface area contributed by atoms with E-state index in [-0.39, 0.29) is 34.5 Å². The van der Waals surface area contributed by atoms with Crippen LogP contribution in [0.5, 0.6) is 0 Å². The van der Waals surface area contributed by atoms with Gasteiger partial charge in [0.2, 0.25) is 0 Å². The van der Waals surface area contributed by atoms with E-state index in [4.69, 9.17) is 4.43 Å². The molecule has 3 aliphatic carbocycles. The number of aliphatic hydroxyl groups is 1. The maximum absolute atomic E-state index is 12.5. The molecule has 20 heavy (non-hydrogen) atoms. The van der Waals surface area contributed by atoms with Crippen LogP contribution < -0.4 is 0 Å². The van der Waals surface area contributed by atoms with Crippen molar-refractivity contribution in [3.63, 3.8) is 0 Å². The quantitative estimate of drug-likeness (QED) is 0.472. The highest BCUT2D eigenvalue weighted by atomic mass is 28.4. The number of Topliss-reactive ketones (excluding diaryl/α,β-unsaturated/α-hetero) is 1. The van der Waals surface area contributed by atoms with Crippen LogP contribution in [0.2, 0.25) is 18.1 Å². The van der Waals surface area contributed by atoms with Crippen molar-refractivity contribution >= 4 is 14.1 Å². The maximum Gasteiger partial charge on any atom is 0.192 e. The molecule has 3 atom stereocenters. The van der Waals surface area contributed by atoms with Crippen LogP contribution in [-0.2, 0) is 9.22 Å². The number of hydrogen-bond acceptors (Lipinski definition) is 3. The van der Waals surface area contributed by atoms with E-state index in [0.29, 0.717) is 5.57 Å². The molecule has 3 nitrogen and oxygen atoms in total. The highest BCUT2D eigenvalue weighted by Crippen LogP contribution is 2.47. The van der Waals surface area contributed by atoms with Gasteiger partial charge in [0.15, 0.2) is 14.1 Å². The molecule has 0 aliphatic heterocycles. The van der Waals surface area contributed by atoms with Crippen molar-refractivity contribution < 1.29 is 14.3 Å². The Bertz CT molecular complexity index is 441. The standard InChI is InChI=1S/C16H28O3Si/c1-10(17)14-11-7-8-12(15(14)18)13(9-11)19-20(5,6)16(2,3)4/h11-13,17H,7-9H2,1-6H3/b14-10-/t11-,12+,13-/m0/s1. The van der Waals surface area contributed by atoms with Crippen molar-refractivity contribution in [3.8, 4) is 0 Å². The summed E-state index contributed by atoms with van der Waals surface area (Å²) >= 11 is 0. The van der Waals surface area contributed by atoms with Crippen molar-refractivity contribution in [2.24, 2.45) is 11.8 Å². The Kier molecular flexibility index (Phi) is 3.93. The third-order valence-corrected chi connectivity index (χ3v) is 9.95. The Morgan fingerprint density at radius 1 is 1.30 bits per heavy atom. The van der Waals surface area contributed by atoms with Crippen LogP contribution in [-0.4, -0.2) is 25.3 Å². The molecular formula is C16H28O3Si. The summed E-state index contributed by atoms with van der Waals surface area (Å²) in [6.45, 7) is 12.8. The maximum atomic E-state index is 12.5. The number of ketones is 1. The summed E-state index contributed by atoms with van der Waals surface area (Å²) in [7, 11) is -1.84. The van der Waals surface area contributed by atoms with Gasteiger partial charge >= 0.3 is 0 Å². The molecule has 0 aromatic carbocycles. The molecule has 0 aromatic rings. The molecule has 0 amide bonds. The minimum Gasteiger partial charge on any atom is -0.512 e. The summed E-state index contributed by atoms with van der Waals surface area (Å²) in [5, 5.41) is 9.91. The van der Waals surface area contributed by atoms with Gasteiger partial charge in [0, 0.05) is 11.5 Å². The van der Waals surface area contributed by atoms with Gasteiger partial charge in [-0.25, -0.2) is 0 Å². The van der Waals surface area contributed by atoms with Gasteiger partial charge in [0.1, 0.15) is 0 Å². The fourth-order valence-electron chi connectivity index (χ4n) is 3.25. The monoisotopic (exact) mass is 296 g/mol. The largest absolute Gasteiger partial charge is 0.512 e. The second-order valence-corrected chi connectivity index (χ2v) is 12.7. The average Bonchev–Trinajstić information content (AvgIpc) is 2.26. The smallest absolute Gasteiger partial charge is 0.192 e. The van der Waals surface area contributed by atoms with Crippen molar-refractivity contribution in [1.29, 1.82) is 0 Å². The number of hydrogen-bond donors (Lipinski definition) is 1. The van der Waals surface area contributed by atoms with E-state index in [1.807, 2.05) is 0 Å². The first-order chi connectivity index (χ1) is 9.04. The van der Waals surface area contributed by atoms with E-state index in [1.165, 1.54) is 0 Å². The van der Waals surface area contributed by atoms with Crippen LogP contribution in [0, 0.1) is 11.8 Å². The number of allylic oxidation sites excluding steroid dienone is 2. The van der Waals surface area contributed by atoms with Crippen LogP contribution in [0.25, 0.3) is 0 Å². The molecule has 0 aromatic heterocycles. The third-order valence-electron chi connectivity index (χ3n) is 5.44. The molecule has 0 saturated heterocycles. The van der Waals surface area contributed by atoms with Crippen molar-refractivity contribution in [2.45, 2.75) is 71.2 Å². The van der Waals surface area contributed by atoms with E-state index in [9.17, 15) is 9.90 Å². The molecule has 0 unspecified atom stereocenters. The van der Waals surface area contributed by atoms with Crippen molar-refractivity contribution in [2.75, 3.05) is 0 Å². The fraction of sp³-hybridized carbons (Fsp3) is 0.812. The van der Waals surface area contributed by atoms with E-state index < -0.39 is 8.32 Å². The molecule has 3 aliphatic rings. The van der Waals surface area contributed by atoms with Gasteiger partial charge in [-0.2, -0.15) is 0 Å². The van der Waals surface area contributed by atoms with Crippen LogP contribution in [0.1, 0.15) is 47.0 Å². The predicted octanol–water partition coefficient (Wildman–Crippen LogP) is 4.21. The van der Waals surface area contributed by atoms with Crippen molar-refractivity contribution in [3.05, 3.63) is 11.3 Å². The second kappa shape index (κ2) is 4.99. The van der Waals surface area contributed by atoms with Crippen LogP contribution in [0.3, 0.4) is 0 Å². The second-order valence-electron chi connectivity index (χ2n) is 7.90. The topological polar surface area (TPSA) is 46.5 Å². The Morgan fingerprint density at radius 2 is 1.90 bits per heavy atom. The van der Waals surface area contributed by atoms with Crippen LogP contribution in [0.4, 0.5) is 0 Å². The molecule has 0 spiro atoms. The van der Waals surface area contributed by atoms with E-state index >= 15 is 0 Å².